The number of rotatable bonds is 18. The highest BCUT2D eigenvalue weighted by molar-refractivity contribution is 5.78. The minimum Gasteiger partial charge on any atom is -0.484 e. The van der Waals surface area contributed by atoms with Crippen LogP contribution < -0.4 is 15.8 Å². The van der Waals surface area contributed by atoms with Crippen molar-refractivity contribution in [3.05, 3.63) is 53.0 Å². The van der Waals surface area contributed by atoms with Gasteiger partial charge in [-0.3, -0.25) is 4.79 Å². The molecule has 2 aliphatic rings. The second-order valence-electron chi connectivity index (χ2n) is 13.4. The van der Waals surface area contributed by atoms with Crippen LogP contribution >= 0.6 is 0 Å². The lowest BCUT2D eigenvalue weighted by atomic mass is 9.98. The number of aryl methyl sites for hydroxylation is 2. The standard InChI is InChI=1S/C36H54FN5O5/c1-6-36(5,17-23-46-35(3,4)16-18-38)47-31-15-13-27(24-29(31)37)30(25-32(43)45-7-2)42-22-21-41(34(42)44)20-9-11-28-14-12-26-10-8-19-39-33(26)40-28/h12-15,24,30H,6-11,16-23,25,38H2,1-5H3,(H,39,40)/t30-,36?/m0/s1. The summed E-state index contributed by atoms with van der Waals surface area (Å²) in [6, 6.07) is 8.09. The molecule has 47 heavy (non-hydrogen) atoms. The first kappa shape index (κ1) is 36.4. The topological polar surface area (TPSA) is 119 Å². The molecule has 0 aliphatic carbocycles. The highest BCUT2D eigenvalue weighted by atomic mass is 19.1. The average Bonchev–Trinajstić information content (AvgIpc) is 3.40. The molecule has 2 aliphatic heterocycles. The molecule has 1 aromatic carbocycles. The summed E-state index contributed by atoms with van der Waals surface area (Å²) in [6.07, 6.45) is 5.57. The third-order valence-electron chi connectivity index (χ3n) is 9.30. The monoisotopic (exact) mass is 655 g/mol. The fourth-order valence-corrected chi connectivity index (χ4v) is 6.18. The average molecular weight is 656 g/mol. The van der Waals surface area contributed by atoms with Crippen molar-refractivity contribution >= 4 is 17.8 Å². The van der Waals surface area contributed by atoms with Crippen molar-refractivity contribution in [2.75, 3.05) is 51.3 Å². The van der Waals surface area contributed by atoms with Gasteiger partial charge in [0.1, 0.15) is 11.4 Å². The maximum Gasteiger partial charge on any atom is 0.320 e. The van der Waals surface area contributed by atoms with Gasteiger partial charge < -0.3 is 35.1 Å². The molecule has 0 bridgehead atoms. The van der Waals surface area contributed by atoms with Crippen LogP contribution in [0.3, 0.4) is 0 Å². The van der Waals surface area contributed by atoms with Crippen LogP contribution in [0.4, 0.5) is 15.0 Å². The van der Waals surface area contributed by atoms with E-state index in [0.717, 1.165) is 50.2 Å². The molecule has 10 nitrogen and oxygen atoms in total. The largest absolute Gasteiger partial charge is 0.484 e. The van der Waals surface area contributed by atoms with Crippen LogP contribution in [0.25, 0.3) is 0 Å². The summed E-state index contributed by atoms with van der Waals surface area (Å²) in [5.74, 6) is 0.108. The van der Waals surface area contributed by atoms with Gasteiger partial charge in [-0.05, 0) is 102 Å². The molecule has 260 valence electrons. The summed E-state index contributed by atoms with van der Waals surface area (Å²) in [5, 5.41) is 3.37. The van der Waals surface area contributed by atoms with E-state index in [1.807, 2.05) is 27.7 Å². The van der Waals surface area contributed by atoms with Crippen LogP contribution in [0, 0.1) is 5.82 Å². The number of urea groups is 1. The summed E-state index contributed by atoms with van der Waals surface area (Å²) < 4.78 is 33.2. The van der Waals surface area contributed by atoms with E-state index < -0.39 is 23.4 Å². The quantitative estimate of drug-likeness (QED) is 0.187. The lowest BCUT2D eigenvalue weighted by Crippen LogP contribution is -2.37. The molecule has 1 unspecified atom stereocenters. The van der Waals surface area contributed by atoms with Gasteiger partial charge in [-0.25, -0.2) is 14.2 Å². The minimum atomic E-state index is -0.667. The molecule has 3 N–H and O–H groups in total. The molecule has 2 aromatic rings. The van der Waals surface area contributed by atoms with Gasteiger partial charge in [-0.15, -0.1) is 0 Å². The van der Waals surface area contributed by atoms with Gasteiger partial charge in [-0.1, -0.05) is 19.1 Å². The normalized spacial score (nSPS) is 16.8. The number of carbonyl (C=O) groups is 2. The van der Waals surface area contributed by atoms with Crippen LogP contribution in [-0.4, -0.2) is 83.9 Å². The number of ether oxygens (including phenoxy) is 3. The fraction of sp³-hybridized carbons (Fsp3) is 0.639. The number of hydrogen-bond donors (Lipinski definition) is 2. The molecule has 11 heteroatoms. The van der Waals surface area contributed by atoms with Crippen molar-refractivity contribution in [3.63, 3.8) is 0 Å². The third-order valence-corrected chi connectivity index (χ3v) is 9.30. The molecule has 0 radical (unpaired) electrons. The first-order chi connectivity index (χ1) is 22.5. The Bertz CT molecular complexity index is 1360. The first-order valence-corrected chi connectivity index (χ1v) is 17.2. The van der Waals surface area contributed by atoms with Gasteiger partial charge in [0, 0.05) is 38.3 Å². The van der Waals surface area contributed by atoms with E-state index in [2.05, 4.69) is 17.4 Å². The Morgan fingerprint density at radius 1 is 1.15 bits per heavy atom. The summed E-state index contributed by atoms with van der Waals surface area (Å²) in [5.41, 5.74) is 7.48. The molecule has 2 atom stereocenters. The van der Waals surface area contributed by atoms with Crippen molar-refractivity contribution in [2.45, 2.75) is 103 Å². The van der Waals surface area contributed by atoms with Crippen LogP contribution in [0.15, 0.2) is 30.3 Å². The van der Waals surface area contributed by atoms with E-state index in [1.165, 1.54) is 11.6 Å². The molecule has 1 saturated heterocycles. The molecule has 0 spiro atoms. The molecule has 1 aromatic heterocycles. The smallest absolute Gasteiger partial charge is 0.320 e. The number of nitrogens with zero attached hydrogens (tertiary/aromatic N) is 3. The van der Waals surface area contributed by atoms with Gasteiger partial charge in [-0.2, -0.15) is 0 Å². The lowest BCUT2D eigenvalue weighted by molar-refractivity contribution is -0.144. The van der Waals surface area contributed by atoms with Crippen LogP contribution in [0.2, 0.25) is 0 Å². The van der Waals surface area contributed by atoms with Crippen molar-refractivity contribution in [2.24, 2.45) is 5.73 Å². The van der Waals surface area contributed by atoms with E-state index in [-0.39, 0.29) is 30.4 Å². The number of nitrogens with one attached hydrogen (secondary N) is 1. The van der Waals surface area contributed by atoms with E-state index in [0.29, 0.717) is 51.2 Å². The molecule has 0 saturated carbocycles. The highest BCUT2D eigenvalue weighted by Crippen LogP contribution is 2.34. The zero-order valence-corrected chi connectivity index (χ0v) is 28.9. The zero-order chi connectivity index (χ0) is 34.0. The predicted octanol–water partition coefficient (Wildman–Crippen LogP) is 6.03. The number of esters is 1. The van der Waals surface area contributed by atoms with Crippen molar-refractivity contribution in [1.82, 2.24) is 14.8 Å². The van der Waals surface area contributed by atoms with E-state index in [9.17, 15) is 9.59 Å². The minimum absolute atomic E-state index is 0.0677. The number of amides is 2. The maximum atomic E-state index is 15.7. The number of hydrogen-bond acceptors (Lipinski definition) is 8. The van der Waals surface area contributed by atoms with Gasteiger partial charge in [0.25, 0.3) is 0 Å². The molecule has 3 heterocycles. The number of aromatic nitrogens is 1. The Labute approximate surface area is 279 Å². The van der Waals surface area contributed by atoms with Crippen molar-refractivity contribution in [1.29, 1.82) is 0 Å². The molecular formula is C36H54FN5O5. The fourth-order valence-electron chi connectivity index (χ4n) is 6.18. The number of carbonyl (C=O) groups excluding carboxylic acids is 2. The Kier molecular flexibility index (Phi) is 12.8. The van der Waals surface area contributed by atoms with Gasteiger partial charge in [0.05, 0.1) is 31.3 Å². The van der Waals surface area contributed by atoms with Gasteiger partial charge in [0.15, 0.2) is 11.6 Å². The number of benzene rings is 1. The molecule has 4 rings (SSSR count). The van der Waals surface area contributed by atoms with Gasteiger partial charge >= 0.3 is 12.0 Å². The van der Waals surface area contributed by atoms with Crippen LogP contribution in [-0.2, 0) is 27.1 Å². The SMILES string of the molecule is CCOC(=O)C[C@@H](c1ccc(OC(C)(CC)CCOC(C)(C)CCN)c(F)c1)N1CCN(CCCc2ccc3c(n2)NCCC3)C1=O. The van der Waals surface area contributed by atoms with Crippen molar-refractivity contribution in [3.8, 4) is 5.75 Å². The summed E-state index contributed by atoms with van der Waals surface area (Å²) in [4.78, 5) is 34.5. The third kappa shape index (κ3) is 10.0. The predicted molar refractivity (Wildman–Crippen MR) is 181 cm³/mol. The second kappa shape index (κ2) is 16.6. The Hall–Kier alpha value is -3.44. The number of nitrogens with two attached hydrogens (primary N) is 1. The molecular weight excluding hydrogens is 601 g/mol. The summed E-state index contributed by atoms with van der Waals surface area (Å²) in [6.45, 7) is 13.4. The maximum absolute atomic E-state index is 15.7. The second-order valence-corrected chi connectivity index (χ2v) is 13.4. The lowest BCUT2D eigenvalue weighted by Gasteiger charge is -2.32. The Morgan fingerprint density at radius 2 is 1.96 bits per heavy atom. The Balaban J connectivity index is 1.41. The van der Waals surface area contributed by atoms with Crippen LogP contribution in [0.1, 0.15) is 96.0 Å². The van der Waals surface area contributed by atoms with E-state index in [4.69, 9.17) is 24.9 Å². The summed E-state index contributed by atoms with van der Waals surface area (Å²) in [7, 11) is 0. The Morgan fingerprint density at radius 3 is 2.68 bits per heavy atom. The van der Waals surface area contributed by atoms with Crippen molar-refractivity contribution < 1.29 is 28.2 Å². The number of fused-ring (bicyclic) bond motifs is 1. The van der Waals surface area contributed by atoms with E-state index >= 15 is 4.39 Å². The van der Waals surface area contributed by atoms with Gasteiger partial charge in [0.2, 0.25) is 0 Å². The zero-order valence-electron chi connectivity index (χ0n) is 28.9. The van der Waals surface area contributed by atoms with Crippen LogP contribution in [0.5, 0.6) is 5.75 Å². The number of anilines is 1. The summed E-state index contributed by atoms with van der Waals surface area (Å²) >= 11 is 0. The highest BCUT2D eigenvalue weighted by Gasteiger charge is 2.36. The first-order valence-electron chi connectivity index (χ1n) is 17.2. The molecule has 2 amide bonds. The van der Waals surface area contributed by atoms with E-state index in [1.54, 1.807) is 28.9 Å². The number of halogens is 1. The molecule has 1 fully saturated rings. The number of pyridine rings is 1.